The third-order valence-corrected chi connectivity index (χ3v) is 3.86. The summed E-state index contributed by atoms with van der Waals surface area (Å²) in [6, 6.07) is 14.8. The Kier molecular flexibility index (Phi) is 6.57. The lowest BCUT2D eigenvalue weighted by Crippen LogP contribution is -2.28. The first-order valence-corrected chi connectivity index (χ1v) is 8.44. The topological polar surface area (TPSA) is 67.4 Å². The Morgan fingerprint density at radius 2 is 1.64 bits per heavy atom. The zero-order chi connectivity index (χ0) is 18.2. The van der Waals surface area contributed by atoms with Gasteiger partial charge in [0.15, 0.2) is 0 Å². The van der Waals surface area contributed by atoms with E-state index >= 15 is 0 Å². The van der Waals surface area contributed by atoms with E-state index in [1.54, 1.807) is 31.2 Å². The Morgan fingerprint density at radius 3 is 2.20 bits per heavy atom. The molecule has 2 amide bonds. The van der Waals surface area contributed by atoms with Crippen LogP contribution in [0.4, 0.5) is 10.5 Å². The molecule has 0 heterocycles. The molecule has 0 fully saturated rings. The van der Waals surface area contributed by atoms with Crippen molar-refractivity contribution in [3.05, 3.63) is 65.2 Å². The summed E-state index contributed by atoms with van der Waals surface area (Å²) in [5, 5.41) is 5.65. The molecule has 5 heteroatoms. The maximum atomic E-state index is 12.5. The molecule has 0 aliphatic rings. The molecular formula is C20H24N2O3. The second-order valence-corrected chi connectivity index (χ2v) is 5.77. The van der Waals surface area contributed by atoms with Crippen LogP contribution in [-0.2, 0) is 4.74 Å². The summed E-state index contributed by atoms with van der Waals surface area (Å²) in [6.45, 7) is 6.13. The Hall–Kier alpha value is -2.82. The molecule has 0 bridgehead atoms. The van der Waals surface area contributed by atoms with Gasteiger partial charge in [0, 0.05) is 11.3 Å². The van der Waals surface area contributed by atoms with Crippen LogP contribution in [0.15, 0.2) is 48.5 Å². The number of nitrogens with one attached hydrogen (secondary N) is 2. The molecule has 2 N–H and O–H groups in total. The van der Waals surface area contributed by atoms with Gasteiger partial charge in [-0.15, -0.1) is 0 Å². The molecule has 132 valence electrons. The number of carbonyl (C=O) groups excluding carboxylic acids is 2. The second-order valence-electron chi connectivity index (χ2n) is 5.77. The van der Waals surface area contributed by atoms with Gasteiger partial charge in [0.2, 0.25) is 0 Å². The monoisotopic (exact) mass is 340 g/mol. The van der Waals surface area contributed by atoms with Crippen molar-refractivity contribution in [1.82, 2.24) is 5.32 Å². The number of hydrogen-bond donors (Lipinski definition) is 2. The second kappa shape index (κ2) is 8.87. The largest absolute Gasteiger partial charge is 0.450 e. The number of anilines is 1. The van der Waals surface area contributed by atoms with Crippen molar-refractivity contribution >= 4 is 17.7 Å². The van der Waals surface area contributed by atoms with Crippen LogP contribution in [0.25, 0.3) is 0 Å². The van der Waals surface area contributed by atoms with Crippen molar-refractivity contribution in [2.75, 3.05) is 11.9 Å². The predicted octanol–water partition coefficient (Wildman–Crippen LogP) is 4.44. The van der Waals surface area contributed by atoms with E-state index in [4.69, 9.17) is 4.74 Å². The minimum Gasteiger partial charge on any atom is -0.450 e. The number of aryl methyl sites for hydroxylation is 1. The summed E-state index contributed by atoms with van der Waals surface area (Å²) in [7, 11) is 0. The van der Waals surface area contributed by atoms with Gasteiger partial charge in [0.1, 0.15) is 0 Å². The molecule has 0 unspecified atom stereocenters. The van der Waals surface area contributed by atoms with E-state index in [0.29, 0.717) is 17.9 Å². The maximum absolute atomic E-state index is 12.5. The van der Waals surface area contributed by atoms with Gasteiger partial charge in [0.05, 0.1) is 12.6 Å². The van der Waals surface area contributed by atoms with Crippen LogP contribution in [0.3, 0.4) is 0 Å². The highest BCUT2D eigenvalue weighted by Crippen LogP contribution is 2.18. The van der Waals surface area contributed by atoms with Gasteiger partial charge in [-0.25, -0.2) is 4.79 Å². The van der Waals surface area contributed by atoms with Crippen molar-refractivity contribution in [3.8, 4) is 0 Å². The van der Waals surface area contributed by atoms with Crippen molar-refractivity contribution in [1.29, 1.82) is 0 Å². The molecule has 2 aromatic carbocycles. The van der Waals surface area contributed by atoms with E-state index in [-0.39, 0.29) is 11.9 Å². The smallest absolute Gasteiger partial charge is 0.411 e. The molecule has 0 aliphatic heterocycles. The van der Waals surface area contributed by atoms with E-state index < -0.39 is 6.09 Å². The maximum Gasteiger partial charge on any atom is 0.411 e. The Morgan fingerprint density at radius 1 is 1.00 bits per heavy atom. The Balaban J connectivity index is 2.01. The van der Waals surface area contributed by atoms with Gasteiger partial charge < -0.3 is 10.1 Å². The highest BCUT2D eigenvalue weighted by Gasteiger charge is 2.14. The van der Waals surface area contributed by atoms with Crippen molar-refractivity contribution in [3.63, 3.8) is 0 Å². The number of carbonyl (C=O) groups is 2. The zero-order valence-electron chi connectivity index (χ0n) is 14.8. The standard InChI is InChI=1S/C20H24N2O3/c1-4-18(15-8-6-14(3)7-9-15)22-19(23)16-10-12-17(13-11-16)21-20(24)25-5-2/h6-13,18H,4-5H2,1-3H3,(H,21,24)(H,22,23)/t18-/m1/s1. The van der Waals surface area contributed by atoms with Crippen molar-refractivity contribution < 1.29 is 14.3 Å². The van der Waals surface area contributed by atoms with Gasteiger partial charge in [0.25, 0.3) is 5.91 Å². The third kappa shape index (κ3) is 5.35. The van der Waals surface area contributed by atoms with E-state index in [1.165, 1.54) is 5.56 Å². The number of rotatable bonds is 6. The molecule has 0 radical (unpaired) electrons. The molecule has 1 atom stereocenters. The SMILES string of the molecule is CCOC(=O)Nc1ccc(C(=O)N[C@H](CC)c2ccc(C)cc2)cc1. The van der Waals surface area contributed by atoms with Crippen LogP contribution in [0.5, 0.6) is 0 Å². The molecule has 0 aliphatic carbocycles. The molecule has 0 saturated carbocycles. The minimum absolute atomic E-state index is 0.0366. The fraction of sp³-hybridized carbons (Fsp3) is 0.300. The molecule has 0 aromatic heterocycles. The van der Waals surface area contributed by atoms with Crippen LogP contribution < -0.4 is 10.6 Å². The van der Waals surface area contributed by atoms with Gasteiger partial charge in [-0.2, -0.15) is 0 Å². The summed E-state index contributed by atoms with van der Waals surface area (Å²) in [6.07, 6.45) is 0.294. The van der Waals surface area contributed by atoms with E-state index in [1.807, 2.05) is 38.1 Å². The highest BCUT2D eigenvalue weighted by molar-refractivity contribution is 5.95. The van der Waals surface area contributed by atoms with Crippen LogP contribution in [0.2, 0.25) is 0 Å². The quantitative estimate of drug-likeness (QED) is 0.816. The minimum atomic E-state index is -0.509. The van der Waals surface area contributed by atoms with Gasteiger partial charge in [-0.1, -0.05) is 36.8 Å². The van der Waals surface area contributed by atoms with E-state index in [2.05, 4.69) is 10.6 Å². The Bertz CT molecular complexity index is 709. The summed E-state index contributed by atoms with van der Waals surface area (Å²) < 4.78 is 4.82. The van der Waals surface area contributed by atoms with Gasteiger partial charge in [-0.3, -0.25) is 10.1 Å². The lowest BCUT2D eigenvalue weighted by atomic mass is 10.0. The molecule has 2 aromatic rings. The molecule has 5 nitrogen and oxygen atoms in total. The molecule has 0 spiro atoms. The van der Waals surface area contributed by atoms with Crippen molar-refractivity contribution in [2.24, 2.45) is 0 Å². The molecule has 0 saturated heterocycles. The first kappa shape index (κ1) is 18.5. The number of hydrogen-bond acceptors (Lipinski definition) is 3. The summed E-state index contributed by atoms with van der Waals surface area (Å²) in [5.74, 6) is -0.143. The highest BCUT2D eigenvalue weighted by atomic mass is 16.5. The van der Waals surface area contributed by atoms with Crippen LogP contribution in [0.1, 0.15) is 47.8 Å². The number of benzene rings is 2. The predicted molar refractivity (Wildman–Crippen MR) is 98.8 cm³/mol. The van der Waals surface area contributed by atoms with Gasteiger partial charge in [-0.05, 0) is 50.1 Å². The first-order chi connectivity index (χ1) is 12.0. The Labute approximate surface area is 148 Å². The summed E-state index contributed by atoms with van der Waals surface area (Å²) >= 11 is 0. The van der Waals surface area contributed by atoms with E-state index in [9.17, 15) is 9.59 Å². The van der Waals surface area contributed by atoms with Crippen LogP contribution in [0, 0.1) is 6.92 Å². The molecule has 2 rings (SSSR count). The molecule has 25 heavy (non-hydrogen) atoms. The number of ether oxygens (including phenoxy) is 1. The van der Waals surface area contributed by atoms with Crippen LogP contribution in [-0.4, -0.2) is 18.6 Å². The fourth-order valence-corrected chi connectivity index (χ4v) is 2.45. The summed E-state index contributed by atoms with van der Waals surface area (Å²) in [4.78, 5) is 23.9. The van der Waals surface area contributed by atoms with Crippen LogP contribution >= 0.6 is 0 Å². The first-order valence-electron chi connectivity index (χ1n) is 8.44. The average Bonchev–Trinajstić information content (AvgIpc) is 2.61. The van der Waals surface area contributed by atoms with Gasteiger partial charge >= 0.3 is 6.09 Å². The summed E-state index contributed by atoms with van der Waals surface area (Å²) in [5.41, 5.74) is 3.40. The fourth-order valence-electron chi connectivity index (χ4n) is 2.45. The molecular weight excluding hydrogens is 316 g/mol. The average molecular weight is 340 g/mol. The zero-order valence-corrected chi connectivity index (χ0v) is 14.8. The van der Waals surface area contributed by atoms with Crippen molar-refractivity contribution in [2.45, 2.75) is 33.2 Å². The lowest BCUT2D eigenvalue weighted by Gasteiger charge is -2.18. The third-order valence-electron chi connectivity index (χ3n) is 3.86. The lowest BCUT2D eigenvalue weighted by molar-refractivity contribution is 0.0935. The number of amides is 2. The van der Waals surface area contributed by atoms with E-state index in [0.717, 1.165) is 12.0 Å². The normalized spacial score (nSPS) is 11.5.